The summed E-state index contributed by atoms with van der Waals surface area (Å²) in [6.45, 7) is 11.4. The molecule has 0 N–H and O–H groups in total. The minimum Gasteiger partial charge on any atom is -0.293 e. The number of thiazole rings is 1. The lowest BCUT2D eigenvalue weighted by molar-refractivity contribution is 0.101. The van der Waals surface area contributed by atoms with Crippen molar-refractivity contribution in [2.45, 2.75) is 41.5 Å². The van der Waals surface area contributed by atoms with Gasteiger partial charge in [0.15, 0.2) is 5.78 Å². The SMILES string of the molecule is CC.CC.CC(=O)c1csc(C)n1. The number of nitrogens with zero attached hydrogens (tertiary/aromatic N) is 1. The molecule has 2 nitrogen and oxygen atoms in total. The number of aryl methyl sites for hydroxylation is 1. The molecule has 0 aliphatic carbocycles. The van der Waals surface area contributed by atoms with Crippen LogP contribution in [0.15, 0.2) is 5.38 Å². The molecule has 3 heteroatoms. The molecule has 1 aromatic rings. The minimum atomic E-state index is 0.0411. The first-order valence-corrected chi connectivity index (χ1v) is 5.51. The Kier molecular flexibility index (Phi) is 10.7. The Hall–Kier alpha value is -0.700. The maximum atomic E-state index is 10.6. The molecule has 0 saturated carbocycles. The van der Waals surface area contributed by atoms with Crippen molar-refractivity contribution in [1.82, 2.24) is 4.98 Å². The Morgan fingerprint density at radius 1 is 1.31 bits per heavy atom. The van der Waals surface area contributed by atoms with Gasteiger partial charge in [-0.1, -0.05) is 27.7 Å². The molecule has 0 aromatic carbocycles. The molecule has 0 fully saturated rings. The van der Waals surface area contributed by atoms with Crippen molar-refractivity contribution in [3.63, 3.8) is 0 Å². The average Bonchev–Trinajstić information content (AvgIpc) is 2.59. The van der Waals surface area contributed by atoms with Gasteiger partial charge in [0.25, 0.3) is 0 Å². The van der Waals surface area contributed by atoms with Crippen LogP contribution >= 0.6 is 11.3 Å². The van der Waals surface area contributed by atoms with Gasteiger partial charge in [-0.2, -0.15) is 0 Å². The number of hydrogen-bond donors (Lipinski definition) is 0. The van der Waals surface area contributed by atoms with Crippen molar-refractivity contribution >= 4 is 17.1 Å². The maximum Gasteiger partial charge on any atom is 0.178 e. The molecule has 76 valence electrons. The van der Waals surface area contributed by atoms with E-state index in [-0.39, 0.29) is 5.78 Å². The van der Waals surface area contributed by atoms with Crippen molar-refractivity contribution in [3.05, 3.63) is 16.1 Å². The van der Waals surface area contributed by atoms with E-state index in [4.69, 9.17) is 0 Å². The van der Waals surface area contributed by atoms with Crippen molar-refractivity contribution in [3.8, 4) is 0 Å². The number of carbonyl (C=O) groups is 1. The largest absolute Gasteiger partial charge is 0.293 e. The molecule has 0 radical (unpaired) electrons. The van der Waals surface area contributed by atoms with Gasteiger partial charge < -0.3 is 0 Å². The van der Waals surface area contributed by atoms with Crippen LogP contribution in [-0.2, 0) is 0 Å². The summed E-state index contributed by atoms with van der Waals surface area (Å²) < 4.78 is 0. The number of aromatic nitrogens is 1. The fraction of sp³-hybridized carbons (Fsp3) is 0.600. The summed E-state index contributed by atoms with van der Waals surface area (Å²) >= 11 is 1.50. The zero-order valence-corrected chi connectivity index (χ0v) is 10.2. The first kappa shape index (κ1) is 14.8. The third kappa shape index (κ3) is 6.46. The van der Waals surface area contributed by atoms with E-state index in [0.29, 0.717) is 5.69 Å². The first-order valence-electron chi connectivity index (χ1n) is 4.63. The Morgan fingerprint density at radius 2 is 1.77 bits per heavy atom. The van der Waals surface area contributed by atoms with Crippen molar-refractivity contribution in [2.24, 2.45) is 0 Å². The zero-order chi connectivity index (χ0) is 10.9. The number of rotatable bonds is 1. The fourth-order valence-electron chi connectivity index (χ4n) is 0.525. The molecule has 0 atom stereocenters. The van der Waals surface area contributed by atoms with Gasteiger partial charge in [0.05, 0.1) is 5.01 Å². The highest BCUT2D eigenvalue weighted by Gasteiger charge is 2.00. The molecule has 1 rings (SSSR count). The second-order valence-electron chi connectivity index (χ2n) is 1.81. The summed E-state index contributed by atoms with van der Waals surface area (Å²) in [5.74, 6) is 0.0411. The molecule has 0 unspecified atom stereocenters. The van der Waals surface area contributed by atoms with E-state index in [2.05, 4.69) is 4.98 Å². The van der Waals surface area contributed by atoms with Crippen LogP contribution in [0.25, 0.3) is 0 Å². The van der Waals surface area contributed by atoms with Gasteiger partial charge in [-0.05, 0) is 6.92 Å². The van der Waals surface area contributed by atoms with Crippen LogP contribution in [0, 0.1) is 6.92 Å². The van der Waals surface area contributed by atoms with E-state index in [9.17, 15) is 4.79 Å². The van der Waals surface area contributed by atoms with E-state index in [1.165, 1.54) is 18.3 Å². The summed E-state index contributed by atoms with van der Waals surface area (Å²) in [6, 6.07) is 0. The molecule has 0 spiro atoms. The highest BCUT2D eigenvalue weighted by atomic mass is 32.1. The number of hydrogen-bond acceptors (Lipinski definition) is 3. The Morgan fingerprint density at radius 3 is 1.92 bits per heavy atom. The predicted octanol–water partition coefficient (Wildman–Crippen LogP) is 3.71. The third-order valence-corrected chi connectivity index (χ3v) is 1.75. The molecular weight excluding hydrogens is 182 g/mol. The molecule has 0 amide bonds. The lowest BCUT2D eigenvalue weighted by atomic mass is 10.4. The van der Waals surface area contributed by atoms with Crippen LogP contribution in [0.2, 0.25) is 0 Å². The van der Waals surface area contributed by atoms with Crippen LogP contribution in [0.5, 0.6) is 0 Å². The van der Waals surface area contributed by atoms with Gasteiger partial charge in [-0.25, -0.2) is 4.98 Å². The second kappa shape index (κ2) is 9.39. The Balaban J connectivity index is 0. The maximum absolute atomic E-state index is 10.6. The molecule has 1 aromatic heterocycles. The number of Topliss-reactive ketones (excluding diaryl/α,β-unsaturated/α-hetero) is 1. The van der Waals surface area contributed by atoms with Gasteiger partial charge in [0, 0.05) is 12.3 Å². The lowest BCUT2D eigenvalue weighted by Crippen LogP contribution is -1.90. The fourth-order valence-corrected chi connectivity index (χ4v) is 1.18. The van der Waals surface area contributed by atoms with Crippen LogP contribution in [0.1, 0.15) is 50.1 Å². The predicted molar refractivity (Wildman–Crippen MR) is 59.6 cm³/mol. The molecule has 0 aliphatic heterocycles. The standard InChI is InChI=1S/C6H7NOS.2C2H6/c1-4(8)6-3-9-5(2)7-6;2*1-2/h3H,1-2H3;2*1-2H3. The molecule has 13 heavy (non-hydrogen) atoms. The van der Waals surface area contributed by atoms with Gasteiger partial charge >= 0.3 is 0 Å². The van der Waals surface area contributed by atoms with Crippen LogP contribution < -0.4 is 0 Å². The Bertz CT molecular complexity index is 231. The molecule has 0 aliphatic rings. The summed E-state index contributed by atoms with van der Waals surface area (Å²) in [5.41, 5.74) is 0.581. The number of carbonyl (C=O) groups excluding carboxylic acids is 1. The Labute approximate surface area is 85.0 Å². The van der Waals surface area contributed by atoms with E-state index >= 15 is 0 Å². The summed E-state index contributed by atoms with van der Waals surface area (Å²) in [5, 5.41) is 2.72. The van der Waals surface area contributed by atoms with Crippen molar-refractivity contribution < 1.29 is 4.79 Å². The highest BCUT2D eigenvalue weighted by Crippen LogP contribution is 2.07. The van der Waals surface area contributed by atoms with E-state index in [1.807, 2.05) is 34.6 Å². The molecule has 1 heterocycles. The topological polar surface area (TPSA) is 30.0 Å². The normalized spacial score (nSPS) is 7.54. The first-order chi connectivity index (χ1) is 6.20. The molecule has 0 bridgehead atoms. The van der Waals surface area contributed by atoms with E-state index in [0.717, 1.165) is 5.01 Å². The van der Waals surface area contributed by atoms with E-state index in [1.54, 1.807) is 5.38 Å². The highest BCUT2D eigenvalue weighted by molar-refractivity contribution is 7.09. The lowest BCUT2D eigenvalue weighted by Gasteiger charge is -1.80. The quantitative estimate of drug-likeness (QED) is 0.648. The smallest absolute Gasteiger partial charge is 0.178 e. The average molecular weight is 201 g/mol. The summed E-state index contributed by atoms with van der Waals surface area (Å²) in [7, 11) is 0. The van der Waals surface area contributed by atoms with Gasteiger partial charge in [-0.3, -0.25) is 4.79 Å². The zero-order valence-electron chi connectivity index (χ0n) is 9.34. The van der Waals surface area contributed by atoms with Crippen LogP contribution in [0.3, 0.4) is 0 Å². The summed E-state index contributed by atoms with van der Waals surface area (Å²) in [4.78, 5) is 14.6. The second-order valence-corrected chi connectivity index (χ2v) is 2.87. The van der Waals surface area contributed by atoms with Crippen LogP contribution in [-0.4, -0.2) is 10.8 Å². The summed E-state index contributed by atoms with van der Waals surface area (Å²) in [6.07, 6.45) is 0. The third-order valence-electron chi connectivity index (χ3n) is 0.980. The van der Waals surface area contributed by atoms with Gasteiger partial charge in [0.1, 0.15) is 5.69 Å². The van der Waals surface area contributed by atoms with Crippen molar-refractivity contribution in [1.29, 1.82) is 0 Å². The van der Waals surface area contributed by atoms with E-state index < -0.39 is 0 Å². The molecule has 0 saturated heterocycles. The van der Waals surface area contributed by atoms with Crippen molar-refractivity contribution in [2.75, 3.05) is 0 Å². The monoisotopic (exact) mass is 201 g/mol. The molecular formula is C10H19NOS. The minimum absolute atomic E-state index is 0.0411. The van der Waals surface area contributed by atoms with Gasteiger partial charge in [-0.15, -0.1) is 11.3 Å². The van der Waals surface area contributed by atoms with Gasteiger partial charge in [0.2, 0.25) is 0 Å². The number of ketones is 1. The van der Waals surface area contributed by atoms with Crippen LogP contribution in [0.4, 0.5) is 0 Å².